The van der Waals surface area contributed by atoms with Crippen molar-refractivity contribution < 1.29 is 23.5 Å². The molecule has 2 aromatic heterocycles. The van der Waals surface area contributed by atoms with Gasteiger partial charge in [0.05, 0.1) is 31.1 Å². The minimum atomic E-state index is -0.726. The SMILES string of the molecule is COCC(O)CNC(=O)Cc1nc(-c2ccco2)oc1C. The molecule has 2 rings (SSSR count). The molecule has 1 atom stereocenters. The summed E-state index contributed by atoms with van der Waals surface area (Å²) in [6.45, 7) is 2.04. The Morgan fingerprint density at radius 3 is 3.05 bits per heavy atom. The Morgan fingerprint density at radius 1 is 1.57 bits per heavy atom. The molecule has 1 amide bonds. The smallest absolute Gasteiger partial charge is 0.263 e. The number of methoxy groups -OCH3 is 1. The van der Waals surface area contributed by atoms with Gasteiger partial charge in [-0.3, -0.25) is 4.79 Å². The third-order valence-electron chi connectivity index (χ3n) is 2.85. The van der Waals surface area contributed by atoms with Gasteiger partial charge >= 0.3 is 0 Å². The molecule has 0 saturated carbocycles. The third kappa shape index (κ3) is 4.17. The van der Waals surface area contributed by atoms with Gasteiger partial charge in [-0.1, -0.05) is 0 Å². The van der Waals surface area contributed by atoms with Crippen molar-refractivity contribution in [2.45, 2.75) is 19.4 Å². The van der Waals surface area contributed by atoms with Crippen LogP contribution in [0.2, 0.25) is 0 Å². The summed E-state index contributed by atoms with van der Waals surface area (Å²) < 4.78 is 15.4. The second-order valence-electron chi connectivity index (χ2n) is 4.59. The molecule has 2 aromatic rings. The average Bonchev–Trinajstić information content (AvgIpc) is 3.07. The standard InChI is InChI=1S/C14H18N2O5/c1-9-11(6-13(18)15-7-10(17)8-19-2)16-14(21-9)12-4-3-5-20-12/h3-5,10,17H,6-8H2,1-2H3,(H,15,18). The average molecular weight is 294 g/mol. The van der Waals surface area contributed by atoms with Crippen LogP contribution in [0.15, 0.2) is 27.2 Å². The Balaban J connectivity index is 1.92. The molecule has 2 heterocycles. The molecule has 0 radical (unpaired) electrons. The molecule has 7 heteroatoms. The molecule has 0 spiro atoms. The molecule has 7 nitrogen and oxygen atoms in total. The van der Waals surface area contributed by atoms with Crippen molar-refractivity contribution in [2.24, 2.45) is 0 Å². The van der Waals surface area contributed by atoms with E-state index in [1.165, 1.54) is 13.4 Å². The van der Waals surface area contributed by atoms with Crippen LogP contribution in [0, 0.1) is 6.92 Å². The molecule has 0 aromatic carbocycles. The van der Waals surface area contributed by atoms with Crippen LogP contribution in [0.1, 0.15) is 11.5 Å². The van der Waals surface area contributed by atoms with Crippen LogP contribution in [0.25, 0.3) is 11.7 Å². The van der Waals surface area contributed by atoms with E-state index in [9.17, 15) is 9.90 Å². The van der Waals surface area contributed by atoms with Crippen molar-refractivity contribution in [3.63, 3.8) is 0 Å². The number of aryl methyl sites for hydroxylation is 1. The predicted molar refractivity (Wildman–Crippen MR) is 73.5 cm³/mol. The molecular formula is C14H18N2O5. The molecule has 2 N–H and O–H groups in total. The van der Waals surface area contributed by atoms with E-state index in [2.05, 4.69) is 10.3 Å². The molecule has 114 valence electrons. The molecule has 21 heavy (non-hydrogen) atoms. The number of carbonyl (C=O) groups excluding carboxylic acids is 1. The quantitative estimate of drug-likeness (QED) is 0.787. The van der Waals surface area contributed by atoms with Gasteiger partial charge in [0.2, 0.25) is 5.91 Å². The van der Waals surface area contributed by atoms with E-state index in [0.29, 0.717) is 23.1 Å². The number of amides is 1. The summed E-state index contributed by atoms with van der Waals surface area (Å²) in [5.74, 6) is 1.18. The summed E-state index contributed by atoms with van der Waals surface area (Å²) in [7, 11) is 1.49. The molecule has 0 aliphatic heterocycles. The van der Waals surface area contributed by atoms with Crippen molar-refractivity contribution in [2.75, 3.05) is 20.3 Å². The first-order valence-corrected chi connectivity index (χ1v) is 6.54. The second kappa shape index (κ2) is 7.05. The van der Waals surface area contributed by atoms with Crippen LogP contribution in [0.4, 0.5) is 0 Å². The van der Waals surface area contributed by atoms with Crippen molar-refractivity contribution >= 4 is 5.91 Å². The topological polar surface area (TPSA) is 97.7 Å². The number of carbonyl (C=O) groups is 1. The number of rotatable bonds is 7. The molecular weight excluding hydrogens is 276 g/mol. The zero-order valence-electron chi connectivity index (χ0n) is 12.0. The maximum Gasteiger partial charge on any atom is 0.263 e. The summed E-state index contributed by atoms with van der Waals surface area (Å²) in [4.78, 5) is 16.0. The lowest BCUT2D eigenvalue weighted by molar-refractivity contribution is -0.121. The Bertz CT molecular complexity index is 576. The number of nitrogens with one attached hydrogen (secondary N) is 1. The fourth-order valence-electron chi connectivity index (χ4n) is 1.80. The number of nitrogens with zero attached hydrogens (tertiary/aromatic N) is 1. The lowest BCUT2D eigenvalue weighted by Crippen LogP contribution is -2.35. The minimum absolute atomic E-state index is 0.0791. The van der Waals surface area contributed by atoms with Crippen LogP contribution in [-0.2, 0) is 16.0 Å². The number of aliphatic hydroxyl groups excluding tert-OH is 1. The lowest BCUT2D eigenvalue weighted by Gasteiger charge is -2.10. The molecule has 0 fully saturated rings. The maximum absolute atomic E-state index is 11.8. The Kier molecular flexibility index (Phi) is 5.13. The van der Waals surface area contributed by atoms with Gasteiger partial charge in [-0.2, -0.15) is 0 Å². The van der Waals surface area contributed by atoms with Gasteiger partial charge in [-0.05, 0) is 19.1 Å². The van der Waals surface area contributed by atoms with Crippen molar-refractivity contribution in [3.8, 4) is 11.7 Å². The second-order valence-corrected chi connectivity index (χ2v) is 4.59. The van der Waals surface area contributed by atoms with Crippen LogP contribution >= 0.6 is 0 Å². The van der Waals surface area contributed by atoms with E-state index in [4.69, 9.17) is 13.6 Å². The molecule has 0 saturated heterocycles. The van der Waals surface area contributed by atoms with Gasteiger partial charge in [0.25, 0.3) is 5.89 Å². The van der Waals surface area contributed by atoms with Crippen LogP contribution in [0.5, 0.6) is 0 Å². The first-order chi connectivity index (χ1) is 10.1. The first-order valence-electron chi connectivity index (χ1n) is 6.54. The van der Waals surface area contributed by atoms with Crippen molar-refractivity contribution in [1.29, 1.82) is 0 Å². The number of ether oxygens (including phenoxy) is 1. The highest BCUT2D eigenvalue weighted by molar-refractivity contribution is 5.78. The summed E-state index contributed by atoms with van der Waals surface area (Å²) in [6.07, 6.45) is 0.879. The van der Waals surface area contributed by atoms with Gasteiger partial charge in [0.1, 0.15) is 5.76 Å². The van der Waals surface area contributed by atoms with Crippen molar-refractivity contribution in [1.82, 2.24) is 10.3 Å². The summed E-state index contributed by atoms with van der Waals surface area (Å²) in [6, 6.07) is 3.47. The third-order valence-corrected chi connectivity index (χ3v) is 2.85. The molecule has 1 unspecified atom stereocenters. The Labute approximate surface area is 121 Å². The van der Waals surface area contributed by atoms with Gasteiger partial charge in [-0.15, -0.1) is 0 Å². The Hall–Kier alpha value is -2.12. The number of hydrogen-bond acceptors (Lipinski definition) is 6. The van der Waals surface area contributed by atoms with Gasteiger partial charge < -0.3 is 24.0 Å². The number of hydrogen-bond donors (Lipinski definition) is 2. The van der Waals surface area contributed by atoms with E-state index in [1.807, 2.05) is 0 Å². The van der Waals surface area contributed by atoms with E-state index in [0.717, 1.165) is 0 Å². The van der Waals surface area contributed by atoms with Crippen LogP contribution < -0.4 is 5.32 Å². The first kappa shape index (κ1) is 15.3. The zero-order valence-corrected chi connectivity index (χ0v) is 12.0. The normalized spacial score (nSPS) is 12.3. The fraction of sp³-hybridized carbons (Fsp3) is 0.429. The number of aliphatic hydroxyl groups is 1. The predicted octanol–water partition coefficient (Wildman–Crippen LogP) is 0.909. The number of furan rings is 1. The number of oxazole rings is 1. The minimum Gasteiger partial charge on any atom is -0.459 e. The summed E-state index contributed by atoms with van der Waals surface area (Å²) in [5, 5.41) is 12.1. The molecule has 0 aliphatic carbocycles. The Morgan fingerprint density at radius 2 is 2.38 bits per heavy atom. The van der Waals surface area contributed by atoms with E-state index in [-0.39, 0.29) is 25.5 Å². The summed E-state index contributed by atoms with van der Waals surface area (Å²) >= 11 is 0. The largest absolute Gasteiger partial charge is 0.459 e. The monoisotopic (exact) mass is 294 g/mol. The van der Waals surface area contributed by atoms with Gasteiger partial charge in [0.15, 0.2) is 5.76 Å². The van der Waals surface area contributed by atoms with Crippen molar-refractivity contribution in [3.05, 3.63) is 29.9 Å². The molecule has 0 bridgehead atoms. The highest BCUT2D eigenvalue weighted by atomic mass is 16.5. The lowest BCUT2D eigenvalue weighted by atomic mass is 10.2. The fourth-order valence-corrected chi connectivity index (χ4v) is 1.80. The van der Waals surface area contributed by atoms with Gasteiger partial charge in [0, 0.05) is 13.7 Å². The van der Waals surface area contributed by atoms with E-state index >= 15 is 0 Å². The van der Waals surface area contributed by atoms with Crippen LogP contribution in [-0.4, -0.2) is 42.4 Å². The van der Waals surface area contributed by atoms with E-state index in [1.54, 1.807) is 19.1 Å². The van der Waals surface area contributed by atoms with E-state index < -0.39 is 6.10 Å². The maximum atomic E-state index is 11.8. The zero-order chi connectivity index (χ0) is 15.2. The summed E-state index contributed by atoms with van der Waals surface area (Å²) in [5.41, 5.74) is 0.542. The van der Waals surface area contributed by atoms with Gasteiger partial charge in [-0.25, -0.2) is 4.98 Å². The highest BCUT2D eigenvalue weighted by Gasteiger charge is 2.16. The number of aromatic nitrogens is 1. The van der Waals surface area contributed by atoms with Crippen LogP contribution in [0.3, 0.4) is 0 Å². The highest BCUT2D eigenvalue weighted by Crippen LogP contribution is 2.22. The molecule has 0 aliphatic rings.